The van der Waals surface area contributed by atoms with Crippen molar-refractivity contribution in [3.05, 3.63) is 12.2 Å². The van der Waals surface area contributed by atoms with Crippen molar-refractivity contribution in [2.45, 2.75) is 154 Å². The highest BCUT2D eigenvalue weighted by Crippen LogP contribution is 2.81. The number of rotatable bonds is 6. The van der Waals surface area contributed by atoms with Gasteiger partial charge in [-0.1, -0.05) is 61.6 Å². The number of allylic oxidation sites excluding steroid dienone is 2. The Morgan fingerprint density at radius 2 is 1.20 bits per heavy atom. The number of hydrogen-bond donors (Lipinski definition) is 0. The van der Waals surface area contributed by atoms with E-state index in [0.717, 1.165) is 5.66 Å². The minimum Gasteiger partial charge on any atom is -0.0956 e. The quantitative estimate of drug-likeness (QED) is 0.212. The molecule has 30 heavy (non-hydrogen) atoms. The zero-order chi connectivity index (χ0) is 23.4. The first-order valence-corrected chi connectivity index (χ1v) is 16.3. The largest absolute Gasteiger partial charge is 0.0956 e. The van der Waals surface area contributed by atoms with Crippen LogP contribution in [0.2, 0.25) is 0 Å². The average Bonchev–Trinajstić information content (AvgIpc) is 2.46. The Morgan fingerprint density at radius 1 is 0.700 bits per heavy atom. The van der Waals surface area contributed by atoms with Crippen LogP contribution in [0.1, 0.15) is 128 Å². The van der Waals surface area contributed by atoms with Crippen molar-refractivity contribution in [2.24, 2.45) is 0 Å². The summed E-state index contributed by atoms with van der Waals surface area (Å²) in [5, 5.41) is 1.80. The summed E-state index contributed by atoms with van der Waals surface area (Å²) >= 11 is 0. The normalized spacial score (nSPS) is 21.4. The zero-order valence-corrected chi connectivity index (χ0v) is 24.8. The molecule has 0 nitrogen and oxygen atoms in total. The third kappa shape index (κ3) is 7.31. The van der Waals surface area contributed by atoms with Crippen LogP contribution in [0.3, 0.4) is 0 Å². The SMILES string of the molecule is CC(C)(C)P(CCCC[P+](C1CC/C=C\CCC1)(C(C)(C)C)C(C)(C)C)C(C)(C)C. The van der Waals surface area contributed by atoms with E-state index in [-0.39, 0.29) is 7.92 Å². The summed E-state index contributed by atoms with van der Waals surface area (Å²) in [5.74, 6) is 0. The topological polar surface area (TPSA) is 0 Å². The first-order chi connectivity index (χ1) is 13.4. The molecule has 0 saturated heterocycles. The van der Waals surface area contributed by atoms with Gasteiger partial charge in [-0.15, -0.1) is 0 Å². The van der Waals surface area contributed by atoms with Gasteiger partial charge in [-0.3, -0.25) is 0 Å². The van der Waals surface area contributed by atoms with Gasteiger partial charge in [0.1, 0.15) is 0 Å². The maximum Gasteiger partial charge on any atom is 0.0723 e. The van der Waals surface area contributed by atoms with Crippen LogP contribution in [0.5, 0.6) is 0 Å². The van der Waals surface area contributed by atoms with Crippen LogP contribution in [0.15, 0.2) is 12.2 Å². The van der Waals surface area contributed by atoms with Gasteiger partial charge in [0.25, 0.3) is 0 Å². The third-order valence-electron chi connectivity index (χ3n) is 7.52. The third-order valence-corrected chi connectivity index (χ3v) is 19.1. The van der Waals surface area contributed by atoms with Crippen LogP contribution in [0.25, 0.3) is 0 Å². The lowest BCUT2D eigenvalue weighted by atomic mass is 10.1. The van der Waals surface area contributed by atoms with Gasteiger partial charge in [-0.2, -0.15) is 0 Å². The molecule has 0 fully saturated rings. The van der Waals surface area contributed by atoms with Gasteiger partial charge >= 0.3 is 0 Å². The molecule has 0 N–H and O–H groups in total. The van der Waals surface area contributed by atoms with E-state index in [0.29, 0.717) is 20.6 Å². The molecule has 1 unspecified atom stereocenters. The molecule has 0 radical (unpaired) electrons. The van der Waals surface area contributed by atoms with E-state index in [1.807, 2.05) is 0 Å². The molecule has 1 rings (SSSR count). The summed E-state index contributed by atoms with van der Waals surface area (Å²) in [6.45, 7) is 30.4. The highest BCUT2D eigenvalue weighted by atomic mass is 31.2. The molecular formula is C28H57P2+. The van der Waals surface area contributed by atoms with E-state index in [1.54, 1.807) is 0 Å². The predicted molar refractivity (Wildman–Crippen MR) is 148 cm³/mol. The summed E-state index contributed by atoms with van der Waals surface area (Å²) in [4.78, 5) is 0. The van der Waals surface area contributed by atoms with Crippen molar-refractivity contribution in [3.8, 4) is 0 Å². The fourth-order valence-corrected chi connectivity index (χ4v) is 18.6. The molecule has 0 heterocycles. The first kappa shape index (κ1) is 28.6. The van der Waals surface area contributed by atoms with Crippen molar-refractivity contribution in [2.75, 3.05) is 12.3 Å². The van der Waals surface area contributed by atoms with E-state index in [4.69, 9.17) is 0 Å². The molecule has 0 saturated carbocycles. The van der Waals surface area contributed by atoms with E-state index < -0.39 is 7.26 Å². The second kappa shape index (κ2) is 10.7. The summed E-state index contributed by atoms with van der Waals surface area (Å²) in [5.41, 5.74) is 0.953. The van der Waals surface area contributed by atoms with E-state index in [2.05, 4.69) is 95.2 Å². The Bertz CT molecular complexity index is 503. The summed E-state index contributed by atoms with van der Waals surface area (Å²) in [6.07, 6.45) is 17.6. The molecule has 0 amide bonds. The lowest BCUT2D eigenvalue weighted by molar-refractivity contribution is 0.582. The van der Waals surface area contributed by atoms with Crippen LogP contribution >= 0.6 is 15.2 Å². The van der Waals surface area contributed by atoms with Crippen molar-refractivity contribution >= 4 is 15.2 Å². The standard InChI is InChI=1S/C28H57P2/c1-25(2,3)29(26(4,5)6)22-18-19-23-30(27(7,8)9,28(10,11)12)24-20-16-14-13-15-17-21-24/h13-14,24H,15-23H2,1-12H3/q+1/b14-13-. The minimum absolute atomic E-state index is 0.0345. The van der Waals surface area contributed by atoms with Gasteiger partial charge in [0, 0.05) is 7.26 Å². The Balaban J connectivity index is 3.08. The Kier molecular flexibility index (Phi) is 10.2. The lowest BCUT2D eigenvalue weighted by Gasteiger charge is -2.52. The number of unbranched alkanes of at least 4 members (excludes halogenated alkanes) is 1. The molecule has 0 aliphatic heterocycles. The maximum atomic E-state index is 2.60. The van der Waals surface area contributed by atoms with Crippen molar-refractivity contribution in [1.82, 2.24) is 0 Å². The Morgan fingerprint density at radius 3 is 1.67 bits per heavy atom. The summed E-state index contributed by atoms with van der Waals surface area (Å²) in [6, 6.07) is 0. The molecule has 0 aromatic heterocycles. The van der Waals surface area contributed by atoms with Gasteiger partial charge in [0.15, 0.2) is 0 Å². The second-order valence-corrected chi connectivity index (χ2v) is 23.4. The smallest absolute Gasteiger partial charge is 0.0723 e. The van der Waals surface area contributed by atoms with Gasteiger partial charge in [-0.05, 0) is 103 Å². The molecule has 1 aliphatic rings. The van der Waals surface area contributed by atoms with Gasteiger partial charge in [0.05, 0.1) is 22.1 Å². The minimum atomic E-state index is -1.15. The Labute approximate surface area is 193 Å². The van der Waals surface area contributed by atoms with Crippen LogP contribution in [0.4, 0.5) is 0 Å². The van der Waals surface area contributed by atoms with Crippen LogP contribution in [0, 0.1) is 0 Å². The fraction of sp³-hybridized carbons (Fsp3) is 0.929. The molecular weight excluding hydrogens is 398 g/mol. The lowest BCUT2D eigenvalue weighted by Crippen LogP contribution is -2.42. The monoisotopic (exact) mass is 455 g/mol. The van der Waals surface area contributed by atoms with Crippen molar-refractivity contribution in [3.63, 3.8) is 0 Å². The number of hydrogen-bond acceptors (Lipinski definition) is 0. The molecule has 0 spiro atoms. The van der Waals surface area contributed by atoms with Crippen molar-refractivity contribution < 1.29 is 0 Å². The first-order valence-electron chi connectivity index (χ1n) is 12.8. The summed E-state index contributed by atoms with van der Waals surface area (Å²) < 4.78 is 0. The molecule has 0 aromatic carbocycles. The van der Waals surface area contributed by atoms with E-state index in [9.17, 15) is 0 Å². The van der Waals surface area contributed by atoms with Crippen LogP contribution in [-0.2, 0) is 0 Å². The molecule has 178 valence electrons. The zero-order valence-electron chi connectivity index (χ0n) is 23.0. The van der Waals surface area contributed by atoms with E-state index in [1.165, 1.54) is 57.3 Å². The molecule has 0 aromatic rings. The molecule has 0 bridgehead atoms. The predicted octanol–water partition coefficient (Wildman–Crippen LogP) is 10.3. The van der Waals surface area contributed by atoms with Crippen molar-refractivity contribution in [1.29, 1.82) is 0 Å². The molecule has 2 heteroatoms. The van der Waals surface area contributed by atoms with Crippen LogP contribution < -0.4 is 0 Å². The average molecular weight is 456 g/mol. The highest BCUT2D eigenvalue weighted by molar-refractivity contribution is 7.79. The Hall–Kier alpha value is 0.600. The van der Waals surface area contributed by atoms with Gasteiger partial charge in [0.2, 0.25) is 0 Å². The summed E-state index contributed by atoms with van der Waals surface area (Å²) in [7, 11) is -1.12. The van der Waals surface area contributed by atoms with Gasteiger partial charge in [-0.25, -0.2) is 0 Å². The highest BCUT2D eigenvalue weighted by Gasteiger charge is 2.60. The maximum absolute atomic E-state index is 2.60. The van der Waals surface area contributed by atoms with Gasteiger partial charge < -0.3 is 0 Å². The fourth-order valence-electron chi connectivity index (χ4n) is 6.84. The van der Waals surface area contributed by atoms with Crippen LogP contribution in [-0.4, -0.2) is 38.6 Å². The molecule has 1 aliphatic carbocycles. The molecule has 1 atom stereocenters. The second-order valence-electron chi connectivity index (χ2n) is 13.8. The van der Waals surface area contributed by atoms with E-state index >= 15 is 0 Å².